The van der Waals surface area contributed by atoms with Crippen LogP contribution in [0.1, 0.15) is 24.8 Å². The molecule has 190 valence electrons. The van der Waals surface area contributed by atoms with Crippen LogP contribution in [0.5, 0.6) is 0 Å². The summed E-state index contributed by atoms with van der Waals surface area (Å²) in [6.45, 7) is -0.00125. The molecule has 0 aromatic heterocycles. The third-order valence-corrected chi connectivity index (χ3v) is 8.50. The Kier molecular flexibility index (Phi) is 8.41. The zero-order valence-electron chi connectivity index (χ0n) is 19.0. The fraction of sp³-hybridized carbons (Fsp3) is 0.458. The Balaban J connectivity index is 1.44. The molecule has 4 atom stereocenters. The predicted molar refractivity (Wildman–Crippen MR) is 127 cm³/mol. The molecule has 0 spiro atoms. The SMILES string of the molecule is O=C(C[C@H]1CC[C@@H]2[C@H](COC[C@@H](O)CN2S(=O)(=O)c2ccccc2F)O1)NCc1ccccc1Cl. The molecule has 35 heavy (non-hydrogen) atoms. The van der Waals surface area contributed by atoms with Crippen molar-refractivity contribution in [1.29, 1.82) is 0 Å². The van der Waals surface area contributed by atoms with Crippen molar-refractivity contribution in [3.63, 3.8) is 0 Å². The highest BCUT2D eigenvalue weighted by molar-refractivity contribution is 7.89. The maximum Gasteiger partial charge on any atom is 0.246 e. The number of sulfonamides is 1. The Bertz CT molecular complexity index is 1150. The number of aliphatic hydroxyl groups is 1. The number of nitrogens with zero attached hydrogens (tertiary/aromatic N) is 1. The van der Waals surface area contributed by atoms with Crippen molar-refractivity contribution in [3.05, 3.63) is 64.9 Å². The molecule has 8 nitrogen and oxygen atoms in total. The molecule has 0 aliphatic carbocycles. The van der Waals surface area contributed by atoms with E-state index in [-0.39, 0.29) is 38.6 Å². The molecule has 2 saturated heterocycles. The first-order chi connectivity index (χ1) is 16.8. The number of carbonyl (C=O) groups is 1. The number of ether oxygens (including phenoxy) is 2. The molecular formula is C24H28ClFN2O6S. The minimum Gasteiger partial charge on any atom is -0.389 e. The first kappa shape index (κ1) is 26.0. The lowest BCUT2D eigenvalue weighted by Crippen LogP contribution is -2.57. The van der Waals surface area contributed by atoms with Gasteiger partial charge < -0.3 is 19.9 Å². The number of rotatable bonds is 6. The van der Waals surface area contributed by atoms with Gasteiger partial charge in [-0.15, -0.1) is 0 Å². The number of hydrogen-bond acceptors (Lipinski definition) is 6. The molecule has 2 aromatic carbocycles. The average Bonchev–Trinajstić information content (AvgIpc) is 2.81. The molecule has 2 aromatic rings. The maximum atomic E-state index is 14.4. The Morgan fingerprint density at radius 1 is 1.14 bits per heavy atom. The van der Waals surface area contributed by atoms with Gasteiger partial charge in [-0.2, -0.15) is 4.31 Å². The lowest BCUT2D eigenvalue weighted by atomic mass is 9.96. The number of amides is 1. The van der Waals surface area contributed by atoms with Gasteiger partial charge in [-0.3, -0.25) is 4.79 Å². The molecule has 4 rings (SSSR count). The number of halogens is 2. The van der Waals surface area contributed by atoms with E-state index in [0.29, 0.717) is 17.9 Å². The maximum absolute atomic E-state index is 14.4. The molecule has 2 aliphatic heterocycles. The molecular weight excluding hydrogens is 499 g/mol. The fourth-order valence-corrected chi connectivity index (χ4v) is 6.45. The van der Waals surface area contributed by atoms with Gasteiger partial charge in [0.2, 0.25) is 15.9 Å². The van der Waals surface area contributed by atoms with Gasteiger partial charge in [0.25, 0.3) is 0 Å². The second-order valence-corrected chi connectivity index (χ2v) is 11.0. The number of carbonyl (C=O) groups excluding carboxylic acids is 1. The normalized spacial score (nSPS) is 25.8. The summed E-state index contributed by atoms with van der Waals surface area (Å²) in [6, 6.07) is 11.7. The van der Waals surface area contributed by atoms with Crippen molar-refractivity contribution >= 4 is 27.5 Å². The average molecular weight is 527 g/mol. The molecule has 11 heteroatoms. The molecule has 0 radical (unpaired) electrons. The molecule has 0 bridgehead atoms. The third-order valence-electron chi connectivity index (χ3n) is 6.20. The first-order valence-corrected chi connectivity index (χ1v) is 13.2. The van der Waals surface area contributed by atoms with Crippen LogP contribution in [0.4, 0.5) is 4.39 Å². The number of benzene rings is 2. The van der Waals surface area contributed by atoms with E-state index < -0.39 is 45.1 Å². The first-order valence-electron chi connectivity index (χ1n) is 11.4. The van der Waals surface area contributed by atoms with Crippen LogP contribution in [-0.4, -0.2) is 67.8 Å². The van der Waals surface area contributed by atoms with Crippen LogP contribution >= 0.6 is 11.6 Å². The summed E-state index contributed by atoms with van der Waals surface area (Å²) in [6.07, 6.45) is -1.29. The van der Waals surface area contributed by atoms with Crippen molar-refractivity contribution < 1.29 is 32.2 Å². The molecule has 2 heterocycles. The van der Waals surface area contributed by atoms with Crippen molar-refractivity contribution in [2.24, 2.45) is 0 Å². The summed E-state index contributed by atoms with van der Waals surface area (Å²) < 4.78 is 53.9. The van der Waals surface area contributed by atoms with Gasteiger partial charge in [-0.25, -0.2) is 12.8 Å². The quantitative estimate of drug-likeness (QED) is 0.599. The van der Waals surface area contributed by atoms with E-state index in [9.17, 15) is 22.7 Å². The van der Waals surface area contributed by atoms with E-state index in [1.165, 1.54) is 18.2 Å². The number of β-amino-alcohol motifs (C(OH)–C–C–N with tert-alkyl or cyclic N) is 1. The van der Waals surface area contributed by atoms with Crippen LogP contribution < -0.4 is 5.32 Å². The highest BCUT2D eigenvalue weighted by Gasteiger charge is 2.43. The van der Waals surface area contributed by atoms with Gasteiger partial charge in [0.05, 0.1) is 44.0 Å². The predicted octanol–water partition coefficient (Wildman–Crippen LogP) is 2.48. The highest BCUT2D eigenvalue weighted by Crippen LogP contribution is 2.32. The second kappa shape index (κ2) is 11.3. The van der Waals surface area contributed by atoms with Crippen LogP contribution in [-0.2, 0) is 30.8 Å². The van der Waals surface area contributed by atoms with Crippen molar-refractivity contribution in [3.8, 4) is 0 Å². The number of nitrogens with one attached hydrogen (secondary N) is 1. The molecule has 2 aliphatic rings. The van der Waals surface area contributed by atoms with Gasteiger partial charge in [0, 0.05) is 18.1 Å². The second-order valence-electron chi connectivity index (χ2n) is 8.71. The lowest BCUT2D eigenvalue weighted by Gasteiger charge is -2.43. The summed E-state index contributed by atoms with van der Waals surface area (Å²) in [4.78, 5) is 12.1. The van der Waals surface area contributed by atoms with Crippen molar-refractivity contribution in [1.82, 2.24) is 9.62 Å². The lowest BCUT2D eigenvalue weighted by molar-refractivity contribution is -0.146. The molecule has 2 N–H and O–H groups in total. The van der Waals surface area contributed by atoms with Crippen LogP contribution in [0.2, 0.25) is 5.02 Å². The number of aliphatic hydroxyl groups excluding tert-OH is 1. The fourth-order valence-electron chi connectivity index (χ4n) is 4.47. The minimum atomic E-state index is -4.25. The van der Waals surface area contributed by atoms with Crippen LogP contribution in [0, 0.1) is 5.82 Å². The summed E-state index contributed by atoms with van der Waals surface area (Å²) in [7, 11) is -4.25. The standard InChI is InChI=1S/C24H28ClFN2O6S/c25-19-6-2-1-5-16(19)12-27-24(30)11-18-9-10-21-22(34-18)15-33-14-17(29)13-28(21)35(31,32)23-8-4-3-7-20(23)26/h1-8,17-18,21-22,29H,9-15H2,(H,27,30)/t17-,18+,21+,22-/m0/s1. The zero-order chi connectivity index (χ0) is 25.0. The van der Waals surface area contributed by atoms with Gasteiger partial charge in [-0.05, 0) is 36.6 Å². The van der Waals surface area contributed by atoms with E-state index in [1.54, 1.807) is 6.07 Å². The van der Waals surface area contributed by atoms with Gasteiger partial charge >= 0.3 is 0 Å². The Hall–Kier alpha value is -2.08. The van der Waals surface area contributed by atoms with E-state index in [1.807, 2.05) is 18.2 Å². The number of fused-ring (bicyclic) bond motifs is 1. The van der Waals surface area contributed by atoms with E-state index >= 15 is 0 Å². The van der Waals surface area contributed by atoms with E-state index in [0.717, 1.165) is 15.9 Å². The minimum absolute atomic E-state index is 0.0444. The van der Waals surface area contributed by atoms with Crippen molar-refractivity contribution in [2.75, 3.05) is 19.8 Å². The summed E-state index contributed by atoms with van der Waals surface area (Å²) in [5.41, 5.74) is 0.799. The van der Waals surface area contributed by atoms with E-state index in [4.69, 9.17) is 21.1 Å². The van der Waals surface area contributed by atoms with Crippen LogP contribution in [0.3, 0.4) is 0 Å². The molecule has 1 amide bonds. The molecule has 0 unspecified atom stereocenters. The Morgan fingerprint density at radius 2 is 1.89 bits per heavy atom. The monoisotopic (exact) mass is 526 g/mol. The van der Waals surface area contributed by atoms with Crippen LogP contribution in [0.15, 0.2) is 53.4 Å². The summed E-state index contributed by atoms with van der Waals surface area (Å²) in [5, 5.41) is 13.7. The molecule has 2 fully saturated rings. The topological polar surface area (TPSA) is 105 Å². The third kappa shape index (κ3) is 6.19. The van der Waals surface area contributed by atoms with Crippen molar-refractivity contribution in [2.45, 2.75) is 55.1 Å². The highest BCUT2D eigenvalue weighted by atomic mass is 35.5. The van der Waals surface area contributed by atoms with Gasteiger partial charge in [-0.1, -0.05) is 41.9 Å². The number of hydrogen-bond donors (Lipinski definition) is 2. The van der Waals surface area contributed by atoms with Gasteiger partial charge in [0.1, 0.15) is 10.7 Å². The summed E-state index contributed by atoms with van der Waals surface area (Å²) in [5.74, 6) is -1.08. The Morgan fingerprint density at radius 3 is 2.66 bits per heavy atom. The molecule has 0 saturated carbocycles. The van der Waals surface area contributed by atoms with Gasteiger partial charge in [0.15, 0.2) is 0 Å². The smallest absolute Gasteiger partial charge is 0.246 e. The zero-order valence-corrected chi connectivity index (χ0v) is 20.6. The van der Waals surface area contributed by atoms with Crippen LogP contribution in [0.25, 0.3) is 0 Å². The Labute approximate surface area is 209 Å². The largest absolute Gasteiger partial charge is 0.389 e. The van der Waals surface area contributed by atoms with E-state index in [2.05, 4.69) is 5.32 Å². The summed E-state index contributed by atoms with van der Waals surface area (Å²) >= 11 is 6.13.